The van der Waals surface area contributed by atoms with Crippen molar-refractivity contribution in [2.75, 3.05) is 6.54 Å². The third kappa shape index (κ3) is 3.74. The van der Waals surface area contributed by atoms with Gasteiger partial charge in [0.05, 0.1) is 12.2 Å². The molecule has 1 aliphatic heterocycles. The number of amides is 1. The average molecular weight is 355 g/mol. The van der Waals surface area contributed by atoms with Gasteiger partial charge in [-0.25, -0.2) is 4.68 Å². The molecule has 128 valence electrons. The number of benzene rings is 1. The molecule has 1 amide bonds. The van der Waals surface area contributed by atoms with Gasteiger partial charge in [0, 0.05) is 31.1 Å². The summed E-state index contributed by atoms with van der Waals surface area (Å²) in [5.41, 5.74) is 2.18. The summed E-state index contributed by atoms with van der Waals surface area (Å²) in [7, 11) is 0. The van der Waals surface area contributed by atoms with Crippen molar-refractivity contribution in [2.24, 2.45) is 0 Å². The van der Waals surface area contributed by atoms with E-state index < -0.39 is 0 Å². The zero-order valence-corrected chi connectivity index (χ0v) is 14.4. The van der Waals surface area contributed by atoms with E-state index in [1.807, 2.05) is 29.1 Å². The van der Waals surface area contributed by atoms with Crippen LogP contribution in [-0.4, -0.2) is 37.3 Å². The van der Waals surface area contributed by atoms with Crippen molar-refractivity contribution in [3.05, 3.63) is 54.2 Å². The number of hydrogen-bond acceptors (Lipinski definition) is 6. The van der Waals surface area contributed by atoms with Gasteiger partial charge in [-0.15, -0.1) is 10.2 Å². The summed E-state index contributed by atoms with van der Waals surface area (Å²) in [5, 5.41) is 12.8. The number of likely N-dealkylation sites (tertiary alicyclic amines) is 1. The molecule has 1 fully saturated rings. The quantitative estimate of drug-likeness (QED) is 0.633. The molecule has 25 heavy (non-hydrogen) atoms. The molecule has 1 aliphatic rings. The summed E-state index contributed by atoms with van der Waals surface area (Å²) in [6.07, 6.45) is 5.19. The largest absolute Gasteiger partial charge is 0.414 e. The van der Waals surface area contributed by atoms with Gasteiger partial charge in [0.15, 0.2) is 0 Å². The van der Waals surface area contributed by atoms with Gasteiger partial charge in [-0.3, -0.25) is 4.79 Å². The zero-order valence-electron chi connectivity index (χ0n) is 13.5. The topological polar surface area (TPSA) is 77.1 Å². The van der Waals surface area contributed by atoms with Gasteiger partial charge in [-0.2, -0.15) is 5.10 Å². The Balaban J connectivity index is 1.33. The van der Waals surface area contributed by atoms with Crippen LogP contribution in [0.25, 0.3) is 5.69 Å². The molecule has 0 atom stereocenters. The Labute approximate surface area is 149 Å². The molecular formula is C17H17N5O2S. The van der Waals surface area contributed by atoms with Gasteiger partial charge >= 0.3 is 0 Å². The van der Waals surface area contributed by atoms with Crippen LogP contribution in [0, 0.1) is 0 Å². The third-order valence-corrected chi connectivity index (χ3v) is 4.90. The number of rotatable bonds is 6. The van der Waals surface area contributed by atoms with E-state index in [2.05, 4.69) is 27.4 Å². The first-order valence-electron chi connectivity index (χ1n) is 8.10. The van der Waals surface area contributed by atoms with E-state index in [9.17, 15) is 4.79 Å². The number of thioether (sulfide) groups is 1. The summed E-state index contributed by atoms with van der Waals surface area (Å²) in [6, 6.07) is 10.1. The summed E-state index contributed by atoms with van der Waals surface area (Å²) in [6.45, 7) is 1.18. The summed E-state index contributed by atoms with van der Waals surface area (Å²) in [5.74, 6) is 1.39. The molecule has 7 nitrogen and oxygen atoms in total. The predicted molar refractivity (Wildman–Crippen MR) is 92.1 cm³/mol. The van der Waals surface area contributed by atoms with Crippen LogP contribution >= 0.6 is 11.8 Å². The summed E-state index contributed by atoms with van der Waals surface area (Å²) in [4.78, 5) is 13.4. The SMILES string of the molecule is O=C1CCCN1Cc1nnc(SCc2ccc(-n3cccn3)cc2)o1. The molecule has 8 heteroatoms. The molecule has 0 radical (unpaired) electrons. The molecule has 1 saturated heterocycles. The van der Waals surface area contributed by atoms with Gasteiger partial charge in [-0.05, 0) is 30.2 Å². The van der Waals surface area contributed by atoms with Crippen LogP contribution in [-0.2, 0) is 17.1 Å². The van der Waals surface area contributed by atoms with Crippen LogP contribution in [0.4, 0.5) is 0 Å². The smallest absolute Gasteiger partial charge is 0.276 e. The molecule has 3 aromatic rings. The Morgan fingerprint density at radius 1 is 1.20 bits per heavy atom. The van der Waals surface area contributed by atoms with Crippen molar-refractivity contribution in [2.45, 2.75) is 30.4 Å². The monoisotopic (exact) mass is 355 g/mol. The van der Waals surface area contributed by atoms with Crippen LogP contribution in [0.5, 0.6) is 0 Å². The van der Waals surface area contributed by atoms with Crippen LogP contribution in [0.2, 0.25) is 0 Å². The highest BCUT2D eigenvalue weighted by Gasteiger charge is 2.22. The van der Waals surface area contributed by atoms with E-state index in [0.29, 0.717) is 24.1 Å². The minimum atomic E-state index is 0.157. The second-order valence-electron chi connectivity index (χ2n) is 5.79. The lowest BCUT2D eigenvalue weighted by molar-refractivity contribution is -0.128. The normalized spacial score (nSPS) is 14.4. The van der Waals surface area contributed by atoms with Crippen LogP contribution in [0.3, 0.4) is 0 Å². The fourth-order valence-electron chi connectivity index (χ4n) is 2.71. The van der Waals surface area contributed by atoms with Crippen molar-refractivity contribution in [1.29, 1.82) is 0 Å². The van der Waals surface area contributed by atoms with Crippen molar-refractivity contribution in [3.8, 4) is 5.69 Å². The molecular weight excluding hydrogens is 338 g/mol. The maximum atomic E-state index is 11.6. The average Bonchev–Trinajstić information content (AvgIpc) is 3.38. The second-order valence-corrected chi connectivity index (χ2v) is 6.71. The van der Waals surface area contributed by atoms with Gasteiger partial charge in [0.25, 0.3) is 5.22 Å². The lowest BCUT2D eigenvalue weighted by Crippen LogP contribution is -2.23. The van der Waals surface area contributed by atoms with E-state index in [4.69, 9.17) is 4.42 Å². The molecule has 2 aromatic heterocycles. The number of aromatic nitrogens is 4. The highest BCUT2D eigenvalue weighted by atomic mass is 32.2. The van der Waals surface area contributed by atoms with E-state index in [-0.39, 0.29) is 5.91 Å². The molecule has 3 heterocycles. The zero-order chi connectivity index (χ0) is 17.1. The number of hydrogen-bond donors (Lipinski definition) is 0. The lowest BCUT2D eigenvalue weighted by atomic mass is 10.2. The Morgan fingerprint density at radius 3 is 2.80 bits per heavy atom. The predicted octanol–water partition coefficient (Wildman–Crippen LogP) is 2.67. The Hall–Kier alpha value is -2.61. The number of carbonyl (C=O) groups excluding carboxylic acids is 1. The minimum absolute atomic E-state index is 0.157. The van der Waals surface area contributed by atoms with Crippen LogP contribution in [0.15, 0.2) is 52.4 Å². The maximum absolute atomic E-state index is 11.6. The minimum Gasteiger partial charge on any atom is -0.414 e. The molecule has 0 aliphatic carbocycles. The van der Waals surface area contributed by atoms with Gasteiger partial charge < -0.3 is 9.32 Å². The van der Waals surface area contributed by atoms with Gasteiger partial charge in [0.2, 0.25) is 11.8 Å². The standard InChI is InChI=1S/C17H17N5O2S/c23-16-3-1-9-21(16)11-15-19-20-17(24-15)25-12-13-4-6-14(7-5-13)22-10-2-8-18-22/h2,4-8,10H,1,3,9,11-12H2. The molecule has 4 rings (SSSR count). The van der Waals surface area contributed by atoms with Crippen LogP contribution < -0.4 is 0 Å². The first-order chi connectivity index (χ1) is 12.3. The van der Waals surface area contributed by atoms with Gasteiger partial charge in [0.1, 0.15) is 0 Å². The molecule has 0 bridgehead atoms. The Bertz CT molecular complexity index is 844. The van der Waals surface area contributed by atoms with Crippen LogP contribution in [0.1, 0.15) is 24.3 Å². The molecule has 0 saturated carbocycles. The van der Waals surface area contributed by atoms with Crippen molar-refractivity contribution in [3.63, 3.8) is 0 Å². The van der Waals surface area contributed by atoms with E-state index >= 15 is 0 Å². The highest BCUT2D eigenvalue weighted by Crippen LogP contribution is 2.23. The van der Waals surface area contributed by atoms with Crippen molar-refractivity contribution in [1.82, 2.24) is 24.9 Å². The van der Waals surface area contributed by atoms with Crippen molar-refractivity contribution >= 4 is 17.7 Å². The third-order valence-electron chi connectivity index (χ3n) is 4.01. The first kappa shape index (κ1) is 15.9. The summed E-state index contributed by atoms with van der Waals surface area (Å²) < 4.78 is 7.45. The molecule has 1 aromatic carbocycles. The first-order valence-corrected chi connectivity index (χ1v) is 9.08. The second kappa shape index (κ2) is 7.10. The van der Waals surface area contributed by atoms with E-state index in [1.165, 1.54) is 11.8 Å². The fourth-order valence-corrected chi connectivity index (χ4v) is 3.44. The van der Waals surface area contributed by atoms with E-state index in [0.717, 1.165) is 30.0 Å². The highest BCUT2D eigenvalue weighted by molar-refractivity contribution is 7.98. The Morgan fingerprint density at radius 2 is 2.08 bits per heavy atom. The van der Waals surface area contributed by atoms with Gasteiger partial charge in [-0.1, -0.05) is 23.9 Å². The number of carbonyl (C=O) groups is 1. The van der Waals surface area contributed by atoms with E-state index in [1.54, 1.807) is 11.1 Å². The molecule has 0 N–H and O–H groups in total. The summed E-state index contributed by atoms with van der Waals surface area (Å²) >= 11 is 1.49. The van der Waals surface area contributed by atoms with Crippen molar-refractivity contribution < 1.29 is 9.21 Å². The molecule has 0 unspecified atom stereocenters. The fraction of sp³-hybridized carbons (Fsp3) is 0.294. The molecule has 0 spiro atoms. The maximum Gasteiger partial charge on any atom is 0.276 e. The lowest BCUT2D eigenvalue weighted by Gasteiger charge is -2.11. The Kier molecular flexibility index (Phi) is 4.51. The number of nitrogens with zero attached hydrogens (tertiary/aromatic N) is 5.